The van der Waals surface area contributed by atoms with Crippen molar-refractivity contribution in [3.63, 3.8) is 0 Å². The van der Waals surface area contributed by atoms with E-state index in [-0.39, 0.29) is 23.2 Å². The quantitative estimate of drug-likeness (QED) is 0.721. The van der Waals surface area contributed by atoms with Crippen molar-refractivity contribution in [2.24, 2.45) is 35.0 Å². The standard InChI is InChI=1S/C24H38O4/c1-4-19-22-18(10-11-20(25)17-8-6-5-7-9-17)21(26)12-13-23(22,16(2)3)24(19)27-14-15-28-24/h16-22,25-26H,4-9,12-15H2,1-3H3/t18-,19?,20+,21+,22-,23+/m0/s1. The maximum atomic E-state index is 10.9. The van der Waals surface area contributed by atoms with E-state index in [9.17, 15) is 10.2 Å². The molecule has 4 fully saturated rings. The number of aliphatic hydroxyl groups is 2. The predicted molar refractivity (Wildman–Crippen MR) is 108 cm³/mol. The molecule has 1 aliphatic heterocycles. The van der Waals surface area contributed by atoms with Crippen LogP contribution in [0.25, 0.3) is 0 Å². The summed E-state index contributed by atoms with van der Waals surface area (Å²) in [5.74, 6) is 7.21. The molecular formula is C24H38O4. The van der Waals surface area contributed by atoms with Crippen molar-refractivity contribution in [2.45, 2.75) is 90.1 Å². The van der Waals surface area contributed by atoms with Crippen LogP contribution in [0, 0.1) is 46.8 Å². The van der Waals surface area contributed by atoms with Gasteiger partial charge in [-0.1, -0.05) is 51.9 Å². The Morgan fingerprint density at radius 3 is 2.36 bits per heavy atom. The van der Waals surface area contributed by atoms with Crippen molar-refractivity contribution in [3.8, 4) is 11.8 Å². The Hall–Kier alpha value is -0.600. The molecule has 0 aromatic carbocycles. The minimum atomic E-state index is -0.559. The smallest absolute Gasteiger partial charge is 0.177 e. The van der Waals surface area contributed by atoms with Crippen LogP contribution in [0.2, 0.25) is 0 Å². The molecule has 28 heavy (non-hydrogen) atoms. The number of hydrogen-bond donors (Lipinski definition) is 2. The van der Waals surface area contributed by atoms with Gasteiger partial charge in [-0.2, -0.15) is 0 Å². The van der Waals surface area contributed by atoms with E-state index < -0.39 is 18.0 Å². The highest BCUT2D eigenvalue weighted by Gasteiger charge is 2.77. The average Bonchev–Trinajstić information content (AvgIpc) is 3.20. The van der Waals surface area contributed by atoms with Gasteiger partial charge in [0.15, 0.2) is 5.79 Å². The molecule has 4 aliphatic rings. The second-order valence-corrected chi connectivity index (χ2v) is 9.86. The van der Waals surface area contributed by atoms with Crippen LogP contribution >= 0.6 is 0 Å². The summed E-state index contributed by atoms with van der Waals surface area (Å²) < 4.78 is 12.6. The minimum absolute atomic E-state index is 0.0848. The Kier molecular flexibility index (Phi) is 5.84. The SMILES string of the molecule is CCC1[C@@H]2[C@@H](C#C[C@@H](O)C3CCCCC3)[C@H](O)CC[C@]2(C(C)C)C12OCCO2. The fourth-order valence-electron chi connectivity index (χ4n) is 7.24. The van der Waals surface area contributed by atoms with Crippen LogP contribution in [0.1, 0.15) is 72.1 Å². The molecule has 6 atom stereocenters. The lowest BCUT2D eigenvalue weighted by Crippen LogP contribution is -2.76. The lowest BCUT2D eigenvalue weighted by atomic mass is 9.37. The Morgan fingerprint density at radius 2 is 1.75 bits per heavy atom. The number of fused-ring (bicyclic) bond motifs is 2. The first-order valence-corrected chi connectivity index (χ1v) is 11.6. The topological polar surface area (TPSA) is 58.9 Å². The molecule has 158 valence electrons. The molecule has 1 unspecified atom stereocenters. The molecule has 1 heterocycles. The van der Waals surface area contributed by atoms with Crippen LogP contribution in [0.15, 0.2) is 0 Å². The van der Waals surface area contributed by atoms with Crippen molar-refractivity contribution in [1.82, 2.24) is 0 Å². The summed E-state index contributed by atoms with van der Waals surface area (Å²) in [7, 11) is 0. The molecule has 0 amide bonds. The zero-order chi connectivity index (χ0) is 19.9. The van der Waals surface area contributed by atoms with Gasteiger partial charge in [-0.05, 0) is 49.9 Å². The molecule has 0 aromatic rings. The van der Waals surface area contributed by atoms with Crippen molar-refractivity contribution in [3.05, 3.63) is 0 Å². The largest absolute Gasteiger partial charge is 0.392 e. The summed E-state index contributed by atoms with van der Waals surface area (Å²) in [4.78, 5) is 0. The summed E-state index contributed by atoms with van der Waals surface area (Å²) >= 11 is 0. The Morgan fingerprint density at radius 1 is 1.07 bits per heavy atom. The lowest BCUT2D eigenvalue weighted by molar-refractivity contribution is -0.403. The van der Waals surface area contributed by atoms with Gasteiger partial charge in [0.05, 0.1) is 25.2 Å². The summed E-state index contributed by atoms with van der Waals surface area (Å²) in [6.07, 6.45) is 7.47. The molecule has 0 bridgehead atoms. The van der Waals surface area contributed by atoms with Gasteiger partial charge < -0.3 is 19.7 Å². The lowest BCUT2D eigenvalue weighted by Gasteiger charge is -2.71. The molecule has 4 nitrogen and oxygen atoms in total. The monoisotopic (exact) mass is 390 g/mol. The molecule has 1 saturated heterocycles. The van der Waals surface area contributed by atoms with Gasteiger partial charge in [0.25, 0.3) is 0 Å². The molecule has 4 heteroatoms. The second-order valence-electron chi connectivity index (χ2n) is 9.86. The van der Waals surface area contributed by atoms with Gasteiger partial charge in [-0.15, -0.1) is 0 Å². The zero-order valence-electron chi connectivity index (χ0n) is 17.8. The first kappa shape index (κ1) is 20.7. The number of aliphatic hydroxyl groups excluding tert-OH is 2. The van der Waals surface area contributed by atoms with Crippen molar-refractivity contribution in [1.29, 1.82) is 0 Å². The number of ether oxygens (including phenoxy) is 2. The Bertz CT molecular complexity index is 608. The third kappa shape index (κ3) is 2.88. The van der Waals surface area contributed by atoms with E-state index >= 15 is 0 Å². The molecule has 0 radical (unpaired) electrons. The van der Waals surface area contributed by atoms with Gasteiger partial charge in [-0.3, -0.25) is 0 Å². The maximum absolute atomic E-state index is 10.9. The van der Waals surface area contributed by atoms with E-state index in [2.05, 4.69) is 32.6 Å². The first-order valence-electron chi connectivity index (χ1n) is 11.6. The minimum Gasteiger partial charge on any atom is -0.392 e. The van der Waals surface area contributed by atoms with Crippen LogP contribution in [-0.2, 0) is 9.47 Å². The van der Waals surface area contributed by atoms with Gasteiger partial charge >= 0.3 is 0 Å². The van der Waals surface area contributed by atoms with Crippen molar-refractivity contribution in [2.75, 3.05) is 13.2 Å². The molecule has 3 saturated carbocycles. The van der Waals surface area contributed by atoms with E-state index in [0.29, 0.717) is 25.0 Å². The highest BCUT2D eigenvalue weighted by atomic mass is 16.7. The van der Waals surface area contributed by atoms with Crippen LogP contribution in [0.5, 0.6) is 0 Å². The van der Waals surface area contributed by atoms with E-state index in [1.807, 2.05) is 0 Å². The van der Waals surface area contributed by atoms with E-state index in [4.69, 9.17) is 9.47 Å². The molecule has 0 aromatic heterocycles. The average molecular weight is 391 g/mol. The van der Waals surface area contributed by atoms with Gasteiger partial charge in [0.1, 0.15) is 6.10 Å². The maximum Gasteiger partial charge on any atom is 0.177 e. The summed E-state index contributed by atoms with van der Waals surface area (Å²) in [5.41, 5.74) is -0.0848. The number of hydrogen-bond acceptors (Lipinski definition) is 4. The molecule has 2 N–H and O–H groups in total. The third-order valence-corrected chi connectivity index (χ3v) is 8.50. The Labute approximate surface area is 170 Å². The molecule has 3 aliphatic carbocycles. The highest BCUT2D eigenvalue weighted by molar-refractivity contribution is 5.26. The highest BCUT2D eigenvalue weighted by Crippen LogP contribution is 2.72. The van der Waals surface area contributed by atoms with Gasteiger partial charge in [0, 0.05) is 11.3 Å². The van der Waals surface area contributed by atoms with Crippen LogP contribution in [0.3, 0.4) is 0 Å². The van der Waals surface area contributed by atoms with E-state index in [0.717, 1.165) is 32.1 Å². The van der Waals surface area contributed by atoms with E-state index in [1.54, 1.807) is 0 Å². The van der Waals surface area contributed by atoms with E-state index in [1.165, 1.54) is 19.3 Å². The van der Waals surface area contributed by atoms with Crippen molar-refractivity contribution >= 4 is 0 Å². The third-order valence-electron chi connectivity index (χ3n) is 8.50. The summed E-state index contributed by atoms with van der Waals surface area (Å²) in [5, 5.41) is 21.5. The van der Waals surface area contributed by atoms with Crippen LogP contribution in [0.4, 0.5) is 0 Å². The molecular weight excluding hydrogens is 352 g/mol. The molecule has 1 spiro atoms. The molecule has 4 rings (SSSR count). The fraction of sp³-hybridized carbons (Fsp3) is 0.917. The fourth-order valence-corrected chi connectivity index (χ4v) is 7.24. The van der Waals surface area contributed by atoms with Crippen LogP contribution < -0.4 is 0 Å². The summed E-state index contributed by atoms with van der Waals surface area (Å²) in [6, 6.07) is 0. The van der Waals surface area contributed by atoms with Crippen LogP contribution in [-0.4, -0.2) is 41.4 Å². The Balaban J connectivity index is 1.62. The number of rotatable bonds is 3. The van der Waals surface area contributed by atoms with Gasteiger partial charge in [-0.25, -0.2) is 0 Å². The first-order chi connectivity index (χ1) is 13.5. The normalized spacial score (nSPS) is 41.2. The van der Waals surface area contributed by atoms with Crippen molar-refractivity contribution < 1.29 is 19.7 Å². The predicted octanol–water partition coefficient (Wildman–Crippen LogP) is 3.74. The second kappa shape index (κ2) is 7.91. The summed E-state index contributed by atoms with van der Waals surface area (Å²) in [6.45, 7) is 8.06. The zero-order valence-corrected chi connectivity index (χ0v) is 17.8. The van der Waals surface area contributed by atoms with Gasteiger partial charge in [0.2, 0.25) is 0 Å².